The molecule has 2 amide bonds. The number of carbonyl (C=O) groups is 2. The van der Waals surface area contributed by atoms with Gasteiger partial charge in [0.15, 0.2) is 0 Å². The first-order valence-corrected chi connectivity index (χ1v) is 12.5. The molecule has 0 bridgehead atoms. The smallest absolute Gasteiger partial charge is 0.253 e. The number of nitrogens with one attached hydrogen (secondary N) is 1. The van der Waals surface area contributed by atoms with Gasteiger partial charge in [-0.2, -0.15) is 0 Å². The van der Waals surface area contributed by atoms with Gasteiger partial charge in [-0.3, -0.25) is 14.5 Å². The Kier molecular flexibility index (Phi) is 5.97. The molecule has 5 rings (SSSR count). The highest BCUT2D eigenvalue weighted by Crippen LogP contribution is 2.33. The first kappa shape index (κ1) is 21.5. The molecule has 3 heterocycles. The first-order chi connectivity index (χ1) is 15.6. The molecule has 0 unspecified atom stereocenters. The summed E-state index contributed by atoms with van der Waals surface area (Å²) >= 11 is 0. The average Bonchev–Trinajstić information content (AvgIpc) is 3.16. The molecule has 6 nitrogen and oxygen atoms in total. The molecule has 1 saturated carbocycles. The lowest BCUT2D eigenvalue weighted by molar-refractivity contribution is -0.139. The second-order valence-corrected chi connectivity index (χ2v) is 9.78. The lowest BCUT2D eigenvalue weighted by Crippen LogP contribution is -2.51. The van der Waals surface area contributed by atoms with Gasteiger partial charge in [-0.15, -0.1) is 0 Å². The monoisotopic (exact) mass is 436 g/mol. The Bertz CT molecular complexity index is 997. The number of rotatable bonds is 5. The molecule has 0 spiro atoms. The zero-order valence-corrected chi connectivity index (χ0v) is 19.5. The van der Waals surface area contributed by atoms with Gasteiger partial charge in [0.25, 0.3) is 5.91 Å². The minimum atomic E-state index is 0.129. The Balaban J connectivity index is 1.32. The Labute approximate surface area is 190 Å². The molecule has 2 fully saturated rings. The van der Waals surface area contributed by atoms with E-state index >= 15 is 0 Å². The fourth-order valence-electron chi connectivity index (χ4n) is 5.73. The van der Waals surface area contributed by atoms with E-state index in [0.29, 0.717) is 18.5 Å². The minimum Gasteiger partial charge on any atom is -0.358 e. The third-order valence-electron chi connectivity index (χ3n) is 8.05. The summed E-state index contributed by atoms with van der Waals surface area (Å²) in [7, 11) is 0. The van der Waals surface area contributed by atoms with Crippen LogP contribution in [0.3, 0.4) is 0 Å². The number of piperazine rings is 1. The molecule has 1 saturated heterocycles. The van der Waals surface area contributed by atoms with E-state index in [2.05, 4.69) is 29.8 Å². The topological polar surface area (TPSA) is 59.7 Å². The normalized spacial score (nSPS) is 20.0. The Morgan fingerprint density at radius 3 is 2.44 bits per heavy atom. The van der Waals surface area contributed by atoms with Crippen LogP contribution < -0.4 is 0 Å². The van der Waals surface area contributed by atoms with Crippen molar-refractivity contribution in [1.29, 1.82) is 0 Å². The van der Waals surface area contributed by atoms with Gasteiger partial charge in [0.05, 0.1) is 0 Å². The predicted molar refractivity (Wildman–Crippen MR) is 127 cm³/mol. The summed E-state index contributed by atoms with van der Waals surface area (Å²) in [6.45, 7) is 9.46. The largest absolute Gasteiger partial charge is 0.358 e. The fraction of sp³-hybridized carbons (Fsp3) is 0.615. The maximum atomic E-state index is 13.3. The summed E-state index contributed by atoms with van der Waals surface area (Å²) < 4.78 is 0. The number of aromatic nitrogens is 1. The molecule has 1 aromatic heterocycles. The van der Waals surface area contributed by atoms with E-state index in [1.54, 1.807) is 0 Å². The third-order valence-corrected chi connectivity index (χ3v) is 8.05. The van der Waals surface area contributed by atoms with Crippen molar-refractivity contribution in [3.8, 4) is 0 Å². The van der Waals surface area contributed by atoms with Crippen molar-refractivity contribution >= 4 is 22.7 Å². The van der Waals surface area contributed by atoms with E-state index in [4.69, 9.17) is 0 Å². The van der Waals surface area contributed by atoms with E-state index in [1.807, 2.05) is 21.9 Å². The van der Waals surface area contributed by atoms with Crippen LogP contribution in [0.15, 0.2) is 18.2 Å². The maximum Gasteiger partial charge on any atom is 0.253 e. The Hall–Kier alpha value is -2.34. The number of aromatic amines is 1. The summed E-state index contributed by atoms with van der Waals surface area (Å²) in [6, 6.07) is 6.68. The van der Waals surface area contributed by atoms with Crippen LogP contribution in [0.5, 0.6) is 0 Å². The number of hydrogen-bond donors (Lipinski definition) is 1. The summed E-state index contributed by atoms with van der Waals surface area (Å²) in [6.07, 6.45) is 6.46. The van der Waals surface area contributed by atoms with E-state index in [1.165, 1.54) is 30.5 Å². The van der Waals surface area contributed by atoms with Crippen LogP contribution >= 0.6 is 0 Å². The molecule has 32 heavy (non-hydrogen) atoms. The van der Waals surface area contributed by atoms with E-state index in [9.17, 15) is 9.59 Å². The second-order valence-electron chi connectivity index (χ2n) is 9.78. The van der Waals surface area contributed by atoms with Crippen LogP contribution in [-0.2, 0) is 17.8 Å². The molecule has 3 aliphatic rings. The number of nitrogens with zero attached hydrogens (tertiary/aromatic N) is 3. The molecule has 0 radical (unpaired) electrons. The van der Waals surface area contributed by atoms with Crippen LogP contribution in [0.25, 0.3) is 10.9 Å². The fourth-order valence-corrected chi connectivity index (χ4v) is 5.73. The molecular formula is C26H36N4O2. The van der Waals surface area contributed by atoms with Gasteiger partial charge < -0.3 is 14.8 Å². The summed E-state index contributed by atoms with van der Waals surface area (Å²) in [5, 5.41) is 1.10. The number of carbonyl (C=O) groups excluding carboxylic acids is 2. The van der Waals surface area contributed by atoms with Crippen molar-refractivity contribution in [2.24, 2.45) is 5.92 Å². The lowest BCUT2D eigenvalue weighted by Gasteiger charge is -2.38. The highest BCUT2D eigenvalue weighted by Gasteiger charge is 2.32. The number of benzene rings is 1. The third kappa shape index (κ3) is 3.83. The molecule has 1 N–H and O–H groups in total. The second kappa shape index (κ2) is 8.89. The Morgan fingerprint density at radius 1 is 1.03 bits per heavy atom. The number of H-pyrrole nitrogens is 1. The van der Waals surface area contributed by atoms with Gasteiger partial charge >= 0.3 is 0 Å². The average molecular weight is 437 g/mol. The van der Waals surface area contributed by atoms with Crippen LogP contribution in [0, 0.1) is 5.92 Å². The van der Waals surface area contributed by atoms with Crippen molar-refractivity contribution in [3.05, 3.63) is 35.0 Å². The van der Waals surface area contributed by atoms with Gasteiger partial charge in [0.1, 0.15) is 0 Å². The standard InChI is InChI=1S/C26H36N4O2/c1-3-20(4-2)28-12-14-29(15-13-28)26(32)19-8-9-23-21(16-19)22-17-30(11-10-24(22)27-23)25(31)18-6-5-7-18/h8-9,16,18,20,27H,3-7,10-15,17H2,1-2H3. The van der Waals surface area contributed by atoms with E-state index in [-0.39, 0.29) is 11.8 Å². The van der Waals surface area contributed by atoms with Crippen molar-refractivity contribution in [1.82, 2.24) is 19.7 Å². The molecular weight excluding hydrogens is 400 g/mol. The van der Waals surface area contributed by atoms with Crippen molar-refractivity contribution in [2.45, 2.75) is 65.0 Å². The van der Waals surface area contributed by atoms with Crippen molar-refractivity contribution < 1.29 is 9.59 Å². The highest BCUT2D eigenvalue weighted by molar-refractivity contribution is 5.99. The number of hydrogen-bond acceptors (Lipinski definition) is 3. The van der Waals surface area contributed by atoms with Gasteiger partial charge in [0, 0.05) is 85.4 Å². The molecule has 172 valence electrons. The molecule has 6 heteroatoms. The first-order valence-electron chi connectivity index (χ1n) is 12.5. The van der Waals surface area contributed by atoms with Crippen molar-refractivity contribution in [2.75, 3.05) is 32.7 Å². The van der Waals surface area contributed by atoms with Gasteiger partial charge in [-0.05, 0) is 43.9 Å². The van der Waals surface area contributed by atoms with Crippen LogP contribution in [0.4, 0.5) is 0 Å². The quantitative estimate of drug-likeness (QED) is 0.776. The summed E-state index contributed by atoms with van der Waals surface area (Å²) in [5.41, 5.74) is 4.26. The van der Waals surface area contributed by atoms with Crippen LogP contribution in [-0.4, -0.2) is 70.3 Å². The van der Waals surface area contributed by atoms with Gasteiger partial charge in [-0.25, -0.2) is 0 Å². The van der Waals surface area contributed by atoms with Crippen molar-refractivity contribution in [3.63, 3.8) is 0 Å². The SMILES string of the molecule is CCC(CC)N1CCN(C(=O)c2ccc3[nH]c4c(c3c2)CN(C(=O)C2CCC2)CC4)CC1. The Morgan fingerprint density at radius 2 is 1.78 bits per heavy atom. The van der Waals surface area contributed by atoms with E-state index < -0.39 is 0 Å². The minimum absolute atomic E-state index is 0.129. The van der Waals surface area contributed by atoms with Gasteiger partial charge in [0.2, 0.25) is 5.91 Å². The maximum absolute atomic E-state index is 13.3. The molecule has 2 aromatic rings. The molecule has 0 atom stereocenters. The number of amides is 2. The molecule has 1 aromatic carbocycles. The zero-order chi connectivity index (χ0) is 22.2. The predicted octanol–water partition coefficient (Wildman–Crippen LogP) is 3.80. The van der Waals surface area contributed by atoms with Crippen LogP contribution in [0.1, 0.15) is 67.6 Å². The van der Waals surface area contributed by atoms with E-state index in [0.717, 1.165) is 68.5 Å². The zero-order valence-electron chi connectivity index (χ0n) is 19.5. The summed E-state index contributed by atoms with van der Waals surface area (Å²) in [5.74, 6) is 0.681. The highest BCUT2D eigenvalue weighted by atomic mass is 16.2. The number of fused-ring (bicyclic) bond motifs is 3. The lowest BCUT2D eigenvalue weighted by atomic mass is 9.84. The molecule has 2 aliphatic heterocycles. The van der Waals surface area contributed by atoms with Crippen LogP contribution in [0.2, 0.25) is 0 Å². The summed E-state index contributed by atoms with van der Waals surface area (Å²) in [4.78, 5) is 36.2. The molecule has 1 aliphatic carbocycles. The van der Waals surface area contributed by atoms with Gasteiger partial charge in [-0.1, -0.05) is 20.3 Å².